The Labute approximate surface area is 201 Å². The summed E-state index contributed by atoms with van der Waals surface area (Å²) >= 11 is 0. The molecule has 0 saturated carbocycles. The van der Waals surface area contributed by atoms with E-state index in [0.29, 0.717) is 16.6 Å². The summed E-state index contributed by atoms with van der Waals surface area (Å²) in [5.41, 5.74) is -0.467. The van der Waals surface area contributed by atoms with Crippen molar-refractivity contribution >= 4 is 40.4 Å². The molecule has 0 spiro atoms. The largest absolute Gasteiger partial charge is 0.468 e. The number of morpholine rings is 1. The Kier molecular flexibility index (Phi) is 7.59. The third kappa shape index (κ3) is 6.04. The fourth-order valence-electron chi connectivity index (χ4n) is 3.65. The zero-order valence-corrected chi connectivity index (χ0v) is 20.2. The highest BCUT2D eigenvalue weighted by Crippen LogP contribution is 2.26. The van der Waals surface area contributed by atoms with Crippen LogP contribution in [0.3, 0.4) is 0 Å². The first kappa shape index (κ1) is 25.9. The van der Waals surface area contributed by atoms with Gasteiger partial charge in [0.05, 0.1) is 19.2 Å². The minimum Gasteiger partial charge on any atom is -0.468 e. The van der Waals surface area contributed by atoms with Crippen LogP contribution in [0.2, 0.25) is 0 Å². The molecule has 1 amide bonds. The topological polar surface area (TPSA) is 130 Å². The van der Waals surface area contributed by atoms with Gasteiger partial charge in [0.1, 0.15) is 12.1 Å². The minimum atomic E-state index is -1.60. The summed E-state index contributed by atoms with van der Waals surface area (Å²) in [7, 11) is 1.22. The van der Waals surface area contributed by atoms with Gasteiger partial charge in [-0.2, -0.15) is 0 Å². The Morgan fingerprint density at radius 3 is 2.46 bits per heavy atom. The predicted molar refractivity (Wildman–Crippen MR) is 124 cm³/mol. The second kappa shape index (κ2) is 10.3. The molecule has 11 nitrogen and oxygen atoms in total. The van der Waals surface area contributed by atoms with Crippen LogP contribution in [0.1, 0.15) is 27.7 Å². The molecule has 1 fully saturated rings. The normalized spacial score (nSPS) is 17.1. The Morgan fingerprint density at radius 1 is 1.14 bits per heavy atom. The number of carbonyl (C=O) groups is 4. The van der Waals surface area contributed by atoms with Crippen LogP contribution >= 0.6 is 0 Å². The smallest absolute Gasteiger partial charge is 0.351 e. The number of pyridine rings is 1. The molecular weight excluding hydrogens is 460 g/mol. The standard InChI is InChI=1S/C24H28N2O9/c1-14(27)34-21(23(31)35-24(2,3)4)20-22(30)25(10-11-33-20)16-8-6-15-7-9-18(28)26(17(15)12-16)13-19(29)32-5/h6-9,12,20-21H,10-11,13H2,1-5H3/t20-,21-/m1/s1. The van der Waals surface area contributed by atoms with E-state index in [2.05, 4.69) is 4.74 Å². The third-order valence-corrected chi connectivity index (χ3v) is 5.13. The van der Waals surface area contributed by atoms with Crippen LogP contribution in [-0.2, 0) is 44.7 Å². The Bertz CT molecular complexity index is 1210. The van der Waals surface area contributed by atoms with Crippen molar-refractivity contribution in [2.24, 2.45) is 0 Å². The summed E-state index contributed by atoms with van der Waals surface area (Å²) in [5, 5.41) is 0.668. The maximum Gasteiger partial charge on any atom is 0.351 e. The quantitative estimate of drug-likeness (QED) is 0.434. The second-order valence-corrected chi connectivity index (χ2v) is 8.92. The maximum absolute atomic E-state index is 13.4. The molecule has 1 aromatic carbocycles. The van der Waals surface area contributed by atoms with Crippen LogP contribution in [0.25, 0.3) is 10.9 Å². The van der Waals surface area contributed by atoms with E-state index in [-0.39, 0.29) is 19.7 Å². The highest BCUT2D eigenvalue weighted by molar-refractivity contribution is 6.02. The number of esters is 3. The van der Waals surface area contributed by atoms with Crippen LogP contribution in [0.15, 0.2) is 35.1 Å². The first-order chi connectivity index (χ1) is 16.4. The number of hydrogen-bond donors (Lipinski definition) is 0. The van der Waals surface area contributed by atoms with E-state index in [9.17, 15) is 24.0 Å². The number of benzene rings is 1. The summed E-state index contributed by atoms with van der Waals surface area (Å²) in [6.07, 6.45) is -3.02. The van der Waals surface area contributed by atoms with Crippen molar-refractivity contribution in [3.63, 3.8) is 0 Å². The van der Waals surface area contributed by atoms with Crippen molar-refractivity contribution in [1.29, 1.82) is 0 Å². The van der Waals surface area contributed by atoms with Gasteiger partial charge in [-0.25, -0.2) is 4.79 Å². The summed E-state index contributed by atoms with van der Waals surface area (Å²) in [6.45, 7) is 5.96. The van der Waals surface area contributed by atoms with Crippen LogP contribution in [0, 0.1) is 0 Å². The first-order valence-electron chi connectivity index (χ1n) is 10.9. The van der Waals surface area contributed by atoms with E-state index in [0.717, 1.165) is 6.92 Å². The van der Waals surface area contributed by atoms with E-state index in [4.69, 9.17) is 14.2 Å². The molecule has 0 N–H and O–H groups in total. The van der Waals surface area contributed by atoms with E-state index >= 15 is 0 Å². The molecule has 0 unspecified atom stereocenters. The molecule has 1 aliphatic heterocycles. The molecular formula is C24H28N2O9. The van der Waals surface area contributed by atoms with Gasteiger partial charge in [0.25, 0.3) is 11.5 Å². The molecule has 2 heterocycles. The van der Waals surface area contributed by atoms with Crippen molar-refractivity contribution in [2.75, 3.05) is 25.2 Å². The average molecular weight is 488 g/mol. The van der Waals surface area contributed by atoms with E-state index in [1.165, 1.54) is 22.6 Å². The molecule has 0 aliphatic carbocycles. The lowest BCUT2D eigenvalue weighted by Crippen LogP contribution is -2.56. The number of hydrogen-bond acceptors (Lipinski definition) is 9. The SMILES string of the molecule is COC(=O)Cn1c(=O)ccc2ccc(N3CCO[C@H]([C@@H](OC(C)=O)C(=O)OC(C)(C)C)C3=O)cc21. The first-order valence-corrected chi connectivity index (χ1v) is 10.9. The van der Waals surface area contributed by atoms with Crippen molar-refractivity contribution in [1.82, 2.24) is 4.57 Å². The number of fused-ring (bicyclic) bond motifs is 1. The van der Waals surface area contributed by atoms with Crippen LogP contribution < -0.4 is 10.5 Å². The zero-order chi connectivity index (χ0) is 25.9. The van der Waals surface area contributed by atoms with Crippen molar-refractivity contribution in [2.45, 2.75) is 52.0 Å². The van der Waals surface area contributed by atoms with Crippen molar-refractivity contribution in [3.05, 3.63) is 40.7 Å². The van der Waals surface area contributed by atoms with Gasteiger partial charge in [-0.05, 0) is 44.4 Å². The molecule has 11 heteroatoms. The molecule has 35 heavy (non-hydrogen) atoms. The molecule has 2 aromatic rings. The lowest BCUT2D eigenvalue weighted by molar-refractivity contribution is -0.188. The molecule has 3 rings (SSSR count). The Morgan fingerprint density at radius 2 is 1.83 bits per heavy atom. The molecule has 1 aromatic heterocycles. The van der Waals surface area contributed by atoms with Crippen LogP contribution in [0.4, 0.5) is 5.69 Å². The summed E-state index contributed by atoms with van der Waals surface area (Å²) in [6, 6.07) is 7.91. The molecule has 0 radical (unpaired) electrons. The maximum atomic E-state index is 13.4. The number of methoxy groups -OCH3 is 1. The molecule has 2 atom stereocenters. The number of ether oxygens (including phenoxy) is 4. The Balaban J connectivity index is 1.98. The molecule has 188 valence electrons. The number of rotatable bonds is 6. The predicted octanol–water partition coefficient (Wildman–Crippen LogP) is 1.18. The number of nitrogens with zero attached hydrogens (tertiary/aromatic N) is 2. The van der Waals surface area contributed by atoms with Gasteiger partial charge >= 0.3 is 17.9 Å². The zero-order valence-electron chi connectivity index (χ0n) is 20.2. The second-order valence-electron chi connectivity index (χ2n) is 8.92. The lowest BCUT2D eigenvalue weighted by Gasteiger charge is -2.35. The fraction of sp³-hybridized carbons (Fsp3) is 0.458. The van der Waals surface area contributed by atoms with Crippen molar-refractivity contribution in [3.8, 4) is 0 Å². The number of anilines is 1. The fourth-order valence-corrected chi connectivity index (χ4v) is 3.65. The van der Waals surface area contributed by atoms with Gasteiger partial charge in [-0.15, -0.1) is 0 Å². The third-order valence-electron chi connectivity index (χ3n) is 5.13. The average Bonchev–Trinajstić information content (AvgIpc) is 2.78. The van der Waals surface area contributed by atoms with E-state index in [1.54, 1.807) is 45.0 Å². The Hall–Kier alpha value is -3.73. The highest BCUT2D eigenvalue weighted by Gasteiger charge is 2.44. The van der Waals surface area contributed by atoms with E-state index in [1.807, 2.05) is 0 Å². The summed E-state index contributed by atoms with van der Waals surface area (Å²) in [5.74, 6) is -2.90. The van der Waals surface area contributed by atoms with Gasteiger partial charge in [0.2, 0.25) is 6.10 Å². The van der Waals surface area contributed by atoms with Crippen LogP contribution in [-0.4, -0.2) is 66.5 Å². The van der Waals surface area contributed by atoms with Gasteiger partial charge in [-0.3, -0.25) is 23.7 Å². The van der Waals surface area contributed by atoms with Crippen molar-refractivity contribution < 1.29 is 38.1 Å². The van der Waals surface area contributed by atoms with Gasteiger partial charge in [-0.1, -0.05) is 6.07 Å². The van der Waals surface area contributed by atoms with Gasteiger partial charge in [0.15, 0.2) is 6.10 Å². The molecule has 1 saturated heterocycles. The molecule has 1 aliphatic rings. The van der Waals surface area contributed by atoms with Gasteiger partial charge in [0, 0.05) is 25.2 Å². The highest BCUT2D eigenvalue weighted by atomic mass is 16.6. The number of amides is 1. The summed E-state index contributed by atoms with van der Waals surface area (Å²) < 4.78 is 21.9. The van der Waals surface area contributed by atoms with Gasteiger partial charge < -0.3 is 23.8 Å². The van der Waals surface area contributed by atoms with Crippen LogP contribution in [0.5, 0.6) is 0 Å². The van der Waals surface area contributed by atoms with E-state index < -0.39 is 47.2 Å². The number of aromatic nitrogens is 1. The number of carbonyl (C=O) groups excluding carboxylic acids is 4. The lowest BCUT2D eigenvalue weighted by atomic mass is 10.1. The monoisotopic (exact) mass is 488 g/mol. The summed E-state index contributed by atoms with van der Waals surface area (Å²) in [4.78, 5) is 63.4. The molecule has 0 bridgehead atoms. The minimum absolute atomic E-state index is 0.0543.